The Kier molecular flexibility index (Phi) is 5.62. The molecule has 0 saturated heterocycles. The van der Waals surface area contributed by atoms with E-state index in [0.29, 0.717) is 33.9 Å². The molecule has 3 aromatic carbocycles. The van der Waals surface area contributed by atoms with Crippen LogP contribution >= 0.6 is 0 Å². The monoisotopic (exact) mass is 477 g/mol. The van der Waals surface area contributed by atoms with Crippen LogP contribution in [-0.2, 0) is 18.9 Å². The third kappa shape index (κ3) is 4.22. The van der Waals surface area contributed by atoms with Gasteiger partial charge in [-0.2, -0.15) is 26.3 Å². The molecule has 0 aliphatic heterocycles. The molecule has 1 radical (unpaired) electrons. The molecule has 4 aromatic rings. The Morgan fingerprint density at radius 1 is 0.971 bits per heavy atom. The van der Waals surface area contributed by atoms with Gasteiger partial charge in [0.05, 0.1) is 22.2 Å². The molecule has 0 unspecified atom stereocenters. The van der Waals surface area contributed by atoms with Crippen LogP contribution in [0.25, 0.3) is 21.8 Å². The van der Waals surface area contributed by atoms with Gasteiger partial charge in [-0.25, -0.2) is 0 Å². The molecule has 0 spiro atoms. The van der Waals surface area contributed by atoms with Crippen molar-refractivity contribution in [2.75, 3.05) is 0 Å². The fourth-order valence-electron chi connectivity index (χ4n) is 4.07. The molecule has 1 heterocycles. The number of rotatable bonds is 4. The Hall–Kier alpha value is -3.49. The van der Waals surface area contributed by atoms with Gasteiger partial charge in [-0.15, -0.1) is 0 Å². The van der Waals surface area contributed by atoms with Gasteiger partial charge in [0, 0.05) is 22.9 Å². The van der Waals surface area contributed by atoms with Crippen LogP contribution < -0.4 is 5.73 Å². The van der Waals surface area contributed by atoms with Crippen LogP contribution in [0.5, 0.6) is 0 Å². The highest BCUT2D eigenvalue weighted by atomic mass is 19.4. The molecule has 4 rings (SSSR count). The third-order valence-electron chi connectivity index (χ3n) is 5.74. The first-order valence-corrected chi connectivity index (χ1v) is 10.3. The van der Waals surface area contributed by atoms with Gasteiger partial charge in [0.25, 0.3) is 0 Å². The van der Waals surface area contributed by atoms with Crippen molar-refractivity contribution in [2.24, 2.45) is 5.73 Å². The summed E-state index contributed by atoms with van der Waals surface area (Å²) in [5.74, 6) is -0.613. The third-order valence-corrected chi connectivity index (χ3v) is 5.74. The van der Waals surface area contributed by atoms with E-state index in [9.17, 15) is 31.1 Å². The zero-order valence-corrected chi connectivity index (χ0v) is 18.1. The molecule has 0 aliphatic rings. The molecular weight excluding hydrogens is 458 g/mol. The fraction of sp³-hybridized carbons (Fsp3) is 0.240. The molecule has 177 valence electrons. The van der Waals surface area contributed by atoms with Gasteiger partial charge >= 0.3 is 12.4 Å². The van der Waals surface area contributed by atoms with E-state index in [1.165, 1.54) is 6.07 Å². The first-order valence-electron chi connectivity index (χ1n) is 10.3. The largest absolute Gasteiger partial charge is 0.416 e. The number of fused-ring (bicyclic) bond motifs is 3. The number of nitrogens with zero attached hydrogens (tertiary/aromatic N) is 1. The lowest BCUT2D eigenvalue weighted by atomic mass is 10.00. The molecule has 2 N–H and O–H groups in total. The van der Waals surface area contributed by atoms with E-state index in [4.69, 9.17) is 5.73 Å². The first-order chi connectivity index (χ1) is 15.8. The number of aromatic nitrogens is 1. The van der Waals surface area contributed by atoms with Crippen molar-refractivity contribution in [3.8, 4) is 0 Å². The van der Waals surface area contributed by atoms with E-state index in [2.05, 4.69) is 6.07 Å². The van der Waals surface area contributed by atoms with Crippen LogP contribution in [0.2, 0.25) is 0 Å². The van der Waals surface area contributed by atoms with E-state index in [-0.39, 0.29) is 29.7 Å². The van der Waals surface area contributed by atoms with Crippen LogP contribution in [0.15, 0.2) is 48.5 Å². The van der Waals surface area contributed by atoms with Gasteiger partial charge in [0.2, 0.25) is 5.91 Å². The Bertz CT molecular complexity index is 1380. The Labute approximate surface area is 190 Å². The molecular formula is C25H19F6N2O. The summed E-state index contributed by atoms with van der Waals surface area (Å²) >= 11 is 0. The van der Waals surface area contributed by atoms with E-state index in [1.54, 1.807) is 28.8 Å². The van der Waals surface area contributed by atoms with Gasteiger partial charge in [-0.1, -0.05) is 26.0 Å². The van der Waals surface area contributed by atoms with E-state index in [1.807, 2.05) is 13.8 Å². The number of primary amides is 1. The molecule has 34 heavy (non-hydrogen) atoms. The number of hydrogen-bond acceptors (Lipinski definition) is 1. The van der Waals surface area contributed by atoms with Crippen molar-refractivity contribution >= 4 is 27.7 Å². The van der Waals surface area contributed by atoms with Crippen LogP contribution in [0.1, 0.15) is 52.4 Å². The Balaban J connectivity index is 2.02. The van der Waals surface area contributed by atoms with Crippen molar-refractivity contribution in [1.29, 1.82) is 0 Å². The minimum absolute atomic E-state index is 0.0908. The number of hydrogen-bond donors (Lipinski definition) is 1. The highest BCUT2D eigenvalue weighted by Crippen LogP contribution is 2.38. The lowest BCUT2D eigenvalue weighted by molar-refractivity contribution is -0.143. The van der Waals surface area contributed by atoms with E-state index in [0.717, 1.165) is 5.56 Å². The van der Waals surface area contributed by atoms with Crippen molar-refractivity contribution < 1.29 is 31.1 Å². The number of amides is 1. The molecule has 0 bridgehead atoms. The van der Waals surface area contributed by atoms with Crippen LogP contribution in [0, 0.1) is 6.07 Å². The highest BCUT2D eigenvalue weighted by Gasteiger charge is 2.37. The van der Waals surface area contributed by atoms with E-state index >= 15 is 0 Å². The van der Waals surface area contributed by atoms with E-state index < -0.39 is 29.4 Å². The summed E-state index contributed by atoms with van der Waals surface area (Å²) in [7, 11) is 0. The second-order valence-electron chi connectivity index (χ2n) is 8.41. The van der Waals surface area contributed by atoms with Crippen molar-refractivity contribution in [1.82, 2.24) is 4.57 Å². The lowest BCUT2D eigenvalue weighted by Crippen LogP contribution is -2.13. The second kappa shape index (κ2) is 8.07. The fourth-order valence-corrected chi connectivity index (χ4v) is 4.07. The molecule has 0 aliphatic carbocycles. The molecule has 1 amide bonds. The summed E-state index contributed by atoms with van der Waals surface area (Å²) in [6, 6.07) is 12.9. The van der Waals surface area contributed by atoms with Crippen LogP contribution in [0.4, 0.5) is 26.3 Å². The number of halogens is 6. The topological polar surface area (TPSA) is 48.0 Å². The number of carbonyl (C=O) groups is 1. The summed E-state index contributed by atoms with van der Waals surface area (Å²) in [5.41, 5.74) is 4.63. The van der Waals surface area contributed by atoms with Gasteiger partial charge in [-0.3, -0.25) is 4.79 Å². The highest BCUT2D eigenvalue weighted by molar-refractivity contribution is 6.17. The first kappa shape index (κ1) is 23.7. The molecule has 3 nitrogen and oxygen atoms in total. The predicted octanol–water partition coefficient (Wildman–Crippen LogP) is 6.90. The second-order valence-corrected chi connectivity index (χ2v) is 8.41. The predicted molar refractivity (Wildman–Crippen MR) is 116 cm³/mol. The minimum atomic E-state index is -4.95. The normalized spacial score (nSPS) is 12.7. The number of carbonyl (C=O) groups excluding carboxylic acids is 1. The zero-order valence-electron chi connectivity index (χ0n) is 18.1. The smallest absolute Gasteiger partial charge is 0.366 e. The van der Waals surface area contributed by atoms with Gasteiger partial charge < -0.3 is 10.3 Å². The average Bonchev–Trinajstić information content (AvgIpc) is 3.05. The van der Waals surface area contributed by atoms with Gasteiger partial charge in [0.1, 0.15) is 0 Å². The summed E-state index contributed by atoms with van der Waals surface area (Å²) in [6.45, 7) is 3.60. The number of benzene rings is 3. The zero-order chi connectivity index (χ0) is 25.0. The SMILES string of the molecule is CC(C)c1c[c]c2c3c(C(N)=O)cccc3n(Cc3cc(C(F)(F)F)cc(C(F)(F)F)c3)c2c1. The summed E-state index contributed by atoms with van der Waals surface area (Å²) in [6.07, 6.45) is -9.90. The molecule has 0 saturated carbocycles. The maximum atomic E-state index is 13.4. The van der Waals surface area contributed by atoms with Gasteiger partial charge in [-0.05, 0) is 59.5 Å². The van der Waals surface area contributed by atoms with Crippen LogP contribution in [-0.4, -0.2) is 10.5 Å². The molecule has 9 heteroatoms. The minimum Gasteiger partial charge on any atom is -0.366 e. The van der Waals surface area contributed by atoms with Crippen molar-refractivity contribution in [3.63, 3.8) is 0 Å². The average molecular weight is 477 g/mol. The lowest BCUT2D eigenvalue weighted by Gasteiger charge is -2.16. The molecule has 1 aromatic heterocycles. The number of alkyl halides is 6. The molecule has 0 atom stereocenters. The summed E-state index contributed by atoms with van der Waals surface area (Å²) < 4.78 is 81.8. The summed E-state index contributed by atoms with van der Waals surface area (Å²) in [4.78, 5) is 12.1. The quantitative estimate of drug-likeness (QED) is 0.319. The number of nitrogens with two attached hydrogens (primary N) is 1. The maximum absolute atomic E-state index is 13.4. The van der Waals surface area contributed by atoms with Gasteiger partial charge in [0.15, 0.2) is 0 Å². The molecule has 0 fully saturated rings. The maximum Gasteiger partial charge on any atom is 0.416 e. The Morgan fingerprint density at radius 3 is 2.12 bits per heavy atom. The van der Waals surface area contributed by atoms with Crippen molar-refractivity contribution in [3.05, 3.63) is 82.4 Å². The summed E-state index contributed by atoms with van der Waals surface area (Å²) in [5, 5.41) is 0.958. The van der Waals surface area contributed by atoms with Crippen molar-refractivity contribution in [2.45, 2.75) is 38.7 Å². The standard InChI is InChI=1S/C25H19F6N2O/c1-13(2)15-6-7-18-21(10-15)33(20-5-3-4-19(22(18)20)23(32)34)12-14-8-16(24(26,27)28)11-17(9-14)25(29,30)31/h3-6,8-11,13H,12H2,1-2H3,(H2,32,34). The van der Waals surface area contributed by atoms with Crippen LogP contribution in [0.3, 0.4) is 0 Å². The Morgan fingerprint density at radius 2 is 1.59 bits per heavy atom.